The third kappa shape index (κ3) is 4.52. The summed E-state index contributed by atoms with van der Waals surface area (Å²) in [5.74, 6) is 0.962. The highest BCUT2D eigenvalue weighted by Gasteiger charge is 2.34. The second-order valence-corrected chi connectivity index (χ2v) is 7.92. The van der Waals surface area contributed by atoms with Gasteiger partial charge in [-0.2, -0.15) is 0 Å². The van der Waals surface area contributed by atoms with Crippen LogP contribution >= 0.6 is 23.1 Å². The lowest BCUT2D eigenvalue weighted by Crippen LogP contribution is -2.48. The number of aromatic nitrogens is 1. The minimum atomic E-state index is -0.463. The van der Waals surface area contributed by atoms with Gasteiger partial charge in [-0.25, -0.2) is 9.78 Å². The van der Waals surface area contributed by atoms with E-state index in [1.165, 1.54) is 0 Å². The molecule has 0 unspecified atom stereocenters. The summed E-state index contributed by atoms with van der Waals surface area (Å²) in [7, 11) is 0. The fraction of sp³-hybridized carbons (Fsp3) is 0.353. The average molecular weight is 377 g/mol. The molecule has 8 heteroatoms. The maximum atomic E-state index is 12.5. The summed E-state index contributed by atoms with van der Waals surface area (Å²) >= 11 is 3.13. The van der Waals surface area contributed by atoms with Crippen LogP contribution in [0.5, 0.6) is 0 Å². The van der Waals surface area contributed by atoms with Crippen LogP contribution in [0.2, 0.25) is 0 Å². The summed E-state index contributed by atoms with van der Waals surface area (Å²) in [5, 5.41) is 8.64. The van der Waals surface area contributed by atoms with Crippen LogP contribution in [0.25, 0.3) is 0 Å². The summed E-state index contributed by atoms with van der Waals surface area (Å²) in [6, 6.07) is 6.88. The fourth-order valence-corrected chi connectivity index (χ4v) is 4.24. The van der Waals surface area contributed by atoms with E-state index in [2.05, 4.69) is 15.6 Å². The number of carbonyl (C=O) groups is 2. The monoisotopic (exact) mass is 376 g/mol. The second kappa shape index (κ2) is 7.88. The van der Waals surface area contributed by atoms with E-state index in [1.807, 2.05) is 43.5 Å². The molecule has 0 spiro atoms. The van der Waals surface area contributed by atoms with Gasteiger partial charge in [-0.1, -0.05) is 17.7 Å². The van der Waals surface area contributed by atoms with E-state index in [4.69, 9.17) is 0 Å². The minimum Gasteiger partial charge on any atom is -0.349 e. The number of amides is 3. The van der Waals surface area contributed by atoms with E-state index in [-0.39, 0.29) is 11.9 Å². The number of thioether (sulfide) groups is 1. The molecule has 0 saturated carbocycles. The van der Waals surface area contributed by atoms with Gasteiger partial charge in [0.05, 0.1) is 23.1 Å². The standard InChI is InChI=1S/C17H20N4O2S2/c1-11-3-5-13(6-4-11)20-17(23)21-10-24-9-15(21)16(22)18-7-14-8-25-12(2)19-14/h3-6,8,15H,7,9-10H2,1-2H3,(H,18,22)(H,20,23)/t15-/m1/s1. The van der Waals surface area contributed by atoms with Crippen molar-refractivity contribution in [2.75, 3.05) is 16.9 Å². The summed E-state index contributed by atoms with van der Waals surface area (Å²) in [4.78, 5) is 30.9. The molecule has 1 aromatic carbocycles. The Morgan fingerprint density at radius 1 is 1.28 bits per heavy atom. The third-order valence-corrected chi connectivity index (χ3v) is 5.69. The van der Waals surface area contributed by atoms with Gasteiger partial charge in [-0.05, 0) is 26.0 Å². The van der Waals surface area contributed by atoms with Gasteiger partial charge in [0.2, 0.25) is 5.91 Å². The van der Waals surface area contributed by atoms with Crippen LogP contribution in [0, 0.1) is 13.8 Å². The number of hydrogen-bond acceptors (Lipinski definition) is 5. The second-order valence-electron chi connectivity index (χ2n) is 5.86. The van der Waals surface area contributed by atoms with E-state index >= 15 is 0 Å². The van der Waals surface area contributed by atoms with Gasteiger partial charge in [-0.3, -0.25) is 4.79 Å². The number of nitrogens with one attached hydrogen (secondary N) is 2. The number of anilines is 1. The smallest absolute Gasteiger partial charge is 0.323 e. The predicted octanol–water partition coefficient (Wildman–Crippen LogP) is 2.98. The van der Waals surface area contributed by atoms with Crippen LogP contribution < -0.4 is 10.6 Å². The molecule has 1 aromatic heterocycles. The summed E-state index contributed by atoms with van der Waals surface area (Å²) in [5.41, 5.74) is 2.70. The van der Waals surface area contributed by atoms with Crippen molar-refractivity contribution >= 4 is 40.7 Å². The number of rotatable bonds is 4. The van der Waals surface area contributed by atoms with Crippen molar-refractivity contribution in [2.24, 2.45) is 0 Å². The van der Waals surface area contributed by atoms with Gasteiger partial charge >= 0.3 is 6.03 Å². The Morgan fingerprint density at radius 2 is 2.04 bits per heavy atom. The van der Waals surface area contributed by atoms with Crippen LogP contribution in [0.4, 0.5) is 10.5 Å². The van der Waals surface area contributed by atoms with E-state index in [0.29, 0.717) is 18.2 Å². The van der Waals surface area contributed by atoms with Gasteiger partial charge in [0.1, 0.15) is 6.04 Å². The number of nitrogens with zero attached hydrogens (tertiary/aromatic N) is 2. The highest BCUT2D eigenvalue weighted by Crippen LogP contribution is 2.22. The first-order chi connectivity index (χ1) is 12.0. The van der Waals surface area contributed by atoms with Crippen LogP contribution in [0.3, 0.4) is 0 Å². The molecule has 132 valence electrons. The molecule has 3 rings (SSSR count). The first-order valence-electron chi connectivity index (χ1n) is 7.93. The zero-order valence-electron chi connectivity index (χ0n) is 14.1. The first-order valence-corrected chi connectivity index (χ1v) is 9.97. The zero-order chi connectivity index (χ0) is 17.8. The molecule has 0 radical (unpaired) electrons. The minimum absolute atomic E-state index is 0.144. The van der Waals surface area contributed by atoms with Crippen molar-refractivity contribution in [3.05, 3.63) is 45.9 Å². The van der Waals surface area contributed by atoms with Gasteiger partial charge < -0.3 is 15.5 Å². The van der Waals surface area contributed by atoms with Gasteiger partial charge in [0, 0.05) is 16.8 Å². The molecular weight excluding hydrogens is 356 g/mol. The molecule has 2 heterocycles. The molecule has 2 N–H and O–H groups in total. The Kier molecular flexibility index (Phi) is 5.60. The summed E-state index contributed by atoms with van der Waals surface area (Å²) in [6.07, 6.45) is 0. The molecule has 1 fully saturated rings. The first kappa shape index (κ1) is 17.8. The van der Waals surface area contributed by atoms with Crippen LogP contribution in [0.1, 0.15) is 16.3 Å². The number of urea groups is 1. The van der Waals surface area contributed by atoms with Crippen LogP contribution in [-0.2, 0) is 11.3 Å². The Balaban J connectivity index is 1.58. The van der Waals surface area contributed by atoms with Crippen molar-refractivity contribution in [3.8, 4) is 0 Å². The Bertz CT molecular complexity index is 760. The van der Waals surface area contributed by atoms with E-state index in [0.717, 1.165) is 22.0 Å². The number of thiazole rings is 1. The van der Waals surface area contributed by atoms with Gasteiger partial charge in [0.15, 0.2) is 0 Å². The molecule has 6 nitrogen and oxygen atoms in total. The maximum Gasteiger partial charge on any atom is 0.323 e. The Hall–Kier alpha value is -2.06. The number of benzene rings is 1. The molecule has 1 atom stereocenters. The third-order valence-electron chi connectivity index (χ3n) is 3.86. The number of carbonyl (C=O) groups excluding carboxylic acids is 2. The lowest BCUT2D eigenvalue weighted by Gasteiger charge is -2.23. The fourth-order valence-electron chi connectivity index (χ4n) is 2.48. The quantitative estimate of drug-likeness (QED) is 0.860. The molecule has 1 aliphatic rings. The van der Waals surface area contributed by atoms with Crippen molar-refractivity contribution in [1.82, 2.24) is 15.2 Å². The highest BCUT2D eigenvalue weighted by molar-refractivity contribution is 7.99. The van der Waals surface area contributed by atoms with Gasteiger partial charge in [0.25, 0.3) is 0 Å². The van der Waals surface area contributed by atoms with E-state index < -0.39 is 6.04 Å². The summed E-state index contributed by atoms with van der Waals surface area (Å²) < 4.78 is 0. The topological polar surface area (TPSA) is 74.3 Å². The van der Waals surface area contributed by atoms with Crippen LogP contribution in [-0.4, -0.2) is 39.5 Å². The number of hydrogen-bond donors (Lipinski definition) is 2. The molecule has 0 aliphatic carbocycles. The zero-order valence-corrected chi connectivity index (χ0v) is 15.7. The molecule has 3 amide bonds. The molecule has 0 bridgehead atoms. The van der Waals surface area contributed by atoms with E-state index in [1.54, 1.807) is 28.0 Å². The molecule has 2 aromatic rings. The summed E-state index contributed by atoms with van der Waals surface area (Å²) in [6.45, 7) is 4.31. The van der Waals surface area contributed by atoms with Gasteiger partial charge in [-0.15, -0.1) is 23.1 Å². The maximum absolute atomic E-state index is 12.5. The van der Waals surface area contributed by atoms with Crippen LogP contribution in [0.15, 0.2) is 29.6 Å². The average Bonchev–Trinajstić information content (AvgIpc) is 3.23. The SMILES string of the molecule is Cc1ccc(NC(=O)N2CSC[C@@H]2C(=O)NCc2csc(C)n2)cc1. The van der Waals surface area contributed by atoms with Crippen molar-refractivity contribution in [1.29, 1.82) is 0 Å². The molecule has 1 saturated heterocycles. The molecule has 1 aliphatic heterocycles. The molecule has 25 heavy (non-hydrogen) atoms. The lowest BCUT2D eigenvalue weighted by molar-refractivity contribution is -0.124. The lowest BCUT2D eigenvalue weighted by atomic mass is 10.2. The predicted molar refractivity (Wildman–Crippen MR) is 102 cm³/mol. The van der Waals surface area contributed by atoms with Crippen molar-refractivity contribution in [3.63, 3.8) is 0 Å². The van der Waals surface area contributed by atoms with Crippen molar-refractivity contribution in [2.45, 2.75) is 26.4 Å². The molecular formula is C17H20N4O2S2. The Labute approximate surface area is 155 Å². The largest absolute Gasteiger partial charge is 0.349 e. The Morgan fingerprint density at radius 3 is 2.72 bits per heavy atom. The van der Waals surface area contributed by atoms with E-state index in [9.17, 15) is 9.59 Å². The number of aryl methyl sites for hydroxylation is 2. The van der Waals surface area contributed by atoms with Crippen molar-refractivity contribution < 1.29 is 9.59 Å². The highest BCUT2D eigenvalue weighted by atomic mass is 32.2. The normalized spacial score (nSPS) is 16.7.